The van der Waals surface area contributed by atoms with Gasteiger partial charge < -0.3 is 0 Å². The summed E-state index contributed by atoms with van der Waals surface area (Å²) in [5.41, 5.74) is 1.14. The number of fused-ring (bicyclic) bond motifs is 1. The van der Waals surface area contributed by atoms with Crippen molar-refractivity contribution in [3.63, 3.8) is 0 Å². The Morgan fingerprint density at radius 2 is 1.86 bits per heavy atom. The summed E-state index contributed by atoms with van der Waals surface area (Å²) in [6.45, 7) is 2.12. The van der Waals surface area contributed by atoms with Gasteiger partial charge in [-0.2, -0.15) is 0 Å². The first kappa shape index (κ1) is 15.1. The van der Waals surface area contributed by atoms with E-state index in [2.05, 4.69) is 19.1 Å². The monoisotopic (exact) mass is 306 g/mol. The topological polar surface area (TPSA) is 0 Å². The van der Waals surface area contributed by atoms with Crippen molar-refractivity contribution in [3.05, 3.63) is 46.8 Å². The molecule has 4 atom stereocenters. The highest BCUT2D eigenvalue weighted by atomic mass is 35.5. The Kier molecular flexibility index (Phi) is 4.69. The molecule has 2 aliphatic carbocycles. The molecule has 3 rings (SSSR count). The van der Waals surface area contributed by atoms with Crippen LogP contribution in [0.5, 0.6) is 0 Å². The molecule has 0 amide bonds. The molecule has 21 heavy (non-hydrogen) atoms. The predicted octanol–water partition coefficient (Wildman–Crippen LogP) is 6.36. The molecule has 114 valence electrons. The van der Waals surface area contributed by atoms with E-state index in [0.717, 1.165) is 23.3 Å². The van der Waals surface area contributed by atoms with Crippen molar-refractivity contribution in [3.8, 4) is 0 Å². The molecular weight excluding hydrogens is 283 g/mol. The average Bonchev–Trinajstić information content (AvgIpc) is 2.50. The van der Waals surface area contributed by atoms with Crippen LogP contribution in [0.4, 0.5) is 4.39 Å². The maximum absolute atomic E-state index is 13.7. The molecule has 0 radical (unpaired) electrons. The smallest absolute Gasteiger partial charge is 0.142 e. The van der Waals surface area contributed by atoms with Crippen molar-refractivity contribution in [2.45, 2.75) is 51.4 Å². The van der Waals surface area contributed by atoms with Crippen LogP contribution in [0.25, 0.3) is 0 Å². The molecule has 0 bridgehead atoms. The van der Waals surface area contributed by atoms with E-state index in [1.54, 1.807) is 12.1 Å². The van der Waals surface area contributed by atoms with E-state index in [1.165, 1.54) is 38.5 Å². The molecule has 0 N–H and O–H groups in total. The van der Waals surface area contributed by atoms with Gasteiger partial charge in [0.15, 0.2) is 0 Å². The first-order chi connectivity index (χ1) is 10.2. The second kappa shape index (κ2) is 6.52. The SMILES string of the molecule is CC=C[C@@H]1CC[C@@H]2CC(c3ccc(Cl)c(F)c3)CC[C@@H]2C1. The van der Waals surface area contributed by atoms with Crippen molar-refractivity contribution in [1.82, 2.24) is 0 Å². The highest BCUT2D eigenvalue weighted by Gasteiger charge is 2.35. The zero-order valence-electron chi connectivity index (χ0n) is 12.7. The molecule has 2 aliphatic rings. The lowest BCUT2D eigenvalue weighted by molar-refractivity contribution is 0.133. The number of rotatable bonds is 2. The molecule has 0 aliphatic heterocycles. The van der Waals surface area contributed by atoms with Crippen molar-refractivity contribution < 1.29 is 4.39 Å². The summed E-state index contributed by atoms with van der Waals surface area (Å²) in [5.74, 6) is 2.77. The van der Waals surface area contributed by atoms with Crippen LogP contribution < -0.4 is 0 Å². The minimum Gasteiger partial charge on any atom is -0.205 e. The predicted molar refractivity (Wildman–Crippen MR) is 87.1 cm³/mol. The number of halogens is 2. The van der Waals surface area contributed by atoms with Gasteiger partial charge in [-0.05, 0) is 86.8 Å². The largest absolute Gasteiger partial charge is 0.205 e. The Morgan fingerprint density at radius 3 is 2.62 bits per heavy atom. The van der Waals surface area contributed by atoms with Gasteiger partial charge in [0.1, 0.15) is 5.82 Å². The molecule has 0 heterocycles. The summed E-state index contributed by atoms with van der Waals surface area (Å²) in [4.78, 5) is 0. The third kappa shape index (κ3) is 3.34. The van der Waals surface area contributed by atoms with Gasteiger partial charge >= 0.3 is 0 Å². The molecule has 1 aromatic rings. The summed E-state index contributed by atoms with van der Waals surface area (Å²) < 4.78 is 13.7. The van der Waals surface area contributed by atoms with Crippen LogP contribution in [0.2, 0.25) is 5.02 Å². The normalized spacial score (nSPS) is 33.1. The molecule has 2 heteroatoms. The third-order valence-electron chi connectivity index (χ3n) is 5.53. The van der Waals surface area contributed by atoms with Gasteiger partial charge in [-0.25, -0.2) is 4.39 Å². The molecule has 2 saturated carbocycles. The van der Waals surface area contributed by atoms with Crippen molar-refractivity contribution in [2.24, 2.45) is 17.8 Å². The molecule has 1 unspecified atom stereocenters. The molecule has 0 aromatic heterocycles. The minimum atomic E-state index is -0.270. The zero-order chi connectivity index (χ0) is 14.8. The third-order valence-corrected chi connectivity index (χ3v) is 5.84. The Balaban J connectivity index is 1.67. The van der Waals surface area contributed by atoms with Gasteiger partial charge in [0.05, 0.1) is 5.02 Å². The van der Waals surface area contributed by atoms with E-state index in [0.29, 0.717) is 5.92 Å². The Hall–Kier alpha value is -0.820. The molecule has 0 nitrogen and oxygen atoms in total. The Morgan fingerprint density at radius 1 is 1.10 bits per heavy atom. The number of allylic oxidation sites excluding steroid dienone is 2. The summed E-state index contributed by atoms with van der Waals surface area (Å²) in [5, 5.41) is 0.235. The van der Waals surface area contributed by atoms with Crippen LogP contribution in [-0.2, 0) is 0 Å². The van der Waals surface area contributed by atoms with Crippen LogP contribution in [-0.4, -0.2) is 0 Å². The average molecular weight is 307 g/mol. The fourth-order valence-corrected chi connectivity index (χ4v) is 4.56. The first-order valence-electron chi connectivity index (χ1n) is 8.25. The van der Waals surface area contributed by atoms with E-state index >= 15 is 0 Å². The number of hydrogen-bond donors (Lipinski definition) is 0. The number of benzene rings is 1. The standard InChI is InChI=1S/C19H24ClF/c1-2-3-13-4-5-15-11-16(7-6-14(15)10-13)17-8-9-18(20)19(21)12-17/h2-3,8-9,12-16H,4-7,10-11H2,1H3/t13-,14-,15-,16?/m1/s1. The quantitative estimate of drug-likeness (QED) is 0.558. The summed E-state index contributed by atoms with van der Waals surface area (Å²) in [6, 6.07) is 5.38. The molecular formula is C19H24ClF. The summed E-state index contributed by atoms with van der Waals surface area (Å²) in [6.07, 6.45) is 12.3. The van der Waals surface area contributed by atoms with Gasteiger partial charge in [-0.3, -0.25) is 0 Å². The highest BCUT2D eigenvalue weighted by Crippen LogP contribution is 2.47. The van der Waals surface area contributed by atoms with Crippen LogP contribution in [0.15, 0.2) is 30.4 Å². The second-order valence-corrected chi connectivity index (χ2v) is 7.21. The molecule has 2 fully saturated rings. The maximum atomic E-state index is 13.7. The van der Waals surface area contributed by atoms with E-state index < -0.39 is 0 Å². The zero-order valence-corrected chi connectivity index (χ0v) is 13.5. The maximum Gasteiger partial charge on any atom is 0.142 e. The second-order valence-electron chi connectivity index (χ2n) is 6.80. The highest BCUT2D eigenvalue weighted by molar-refractivity contribution is 6.30. The number of hydrogen-bond acceptors (Lipinski definition) is 0. The van der Waals surface area contributed by atoms with Crippen molar-refractivity contribution >= 4 is 11.6 Å². The van der Waals surface area contributed by atoms with E-state index in [-0.39, 0.29) is 10.8 Å². The van der Waals surface area contributed by atoms with Gasteiger partial charge in [0.25, 0.3) is 0 Å². The van der Waals surface area contributed by atoms with Crippen LogP contribution in [0.1, 0.15) is 56.9 Å². The molecule has 0 saturated heterocycles. The first-order valence-corrected chi connectivity index (χ1v) is 8.63. The van der Waals surface area contributed by atoms with Crippen LogP contribution in [0.3, 0.4) is 0 Å². The van der Waals surface area contributed by atoms with E-state index in [9.17, 15) is 4.39 Å². The Labute approximate surface area is 132 Å². The van der Waals surface area contributed by atoms with Gasteiger partial charge in [0.2, 0.25) is 0 Å². The Bertz CT molecular complexity index is 522. The summed E-state index contributed by atoms with van der Waals surface area (Å²) >= 11 is 5.79. The lowest BCUT2D eigenvalue weighted by Gasteiger charge is -2.41. The van der Waals surface area contributed by atoms with Gasteiger partial charge in [-0.15, -0.1) is 0 Å². The fourth-order valence-electron chi connectivity index (χ4n) is 4.44. The van der Waals surface area contributed by atoms with Gasteiger partial charge in [-0.1, -0.05) is 29.8 Å². The molecule has 1 aromatic carbocycles. The van der Waals surface area contributed by atoms with Crippen molar-refractivity contribution in [2.75, 3.05) is 0 Å². The van der Waals surface area contributed by atoms with E-state index in [4.69, 9.17) is 11.6 Å². The lowest BCUT2D eigenvalue weighted by atomic mass is 9.64. The van der Waals surface area contributed by atoms with Crippen LogP contribution in [0, 0.1) is 23.6 Å². The minimum absolute atomic E-state index is 0.235. The van der Waals surface area contributed by atoms with E-state index in [1.807, 2.05) is 6.07 Å². The molecule has 0 spiro atoms. The van der Waals surface area contributed by atoms with Crippen molar-refractivity contribution in [1.29, 1.82) is 0 Å². The van der Waals surface area contributed by atoms with Crippen LogP contribution >= 0.6 is 11.6 Å². The summed E-state index contributed by atoms with van der Waals surface area (Å²) in [7, 11) is 0. The van der Waals surface area contributed by atoms with Gasteiger partial charge in [0, 0.05) is 0 Å². The lowest BCUT2D eigenvalue weighted by Crippen LogP contribution is -2.30. The fraction of sp³-hybridized carbons (Fsp3) is 0.579.